The van der Waals surface area contributed by atoms with Crippen LogP contribution in [0.1, 0.15) is 6.42 Å². The first kappa shape index (κ1) is 13.5. The van der Waals surface area contributed by atoms with E-state index in [4.69, 9.17) is 19.3 Å². The summed E-state index contributed by atoms with van der Waals surface area (Å²) in [6.07, 6.45) is 0.421. The van der Waals surface area contributed by atoms with E-state index in [-0.39, 0.29) is 12.7 Å². The first-order valence-corrected chi connectivity index (χ1v) is 6.68. The third kappa shape index (κ3) is 3.01. The molecule has 3 rings (SSSR count). The fourth-order valence-electron chi connectivity index (χ4n) is 2.20. The molecule has 2 atom stereocenters. The van der Waals surface area contributed by atoms with Crippen molar-refractivity contribution in [1.29, 1.82) is 0 Å². The molecule has 1 amide bonds. The first-order valence-electron chi connectivity index (χ1n) is 6.68. The third-order valence-electron chi connectivity index (χ3n) is 3.46. The van der Waals surface area contributed by atoms with Gasteiger partial charge in [0.05, 0.1) is 18.4 Å². The molecule has 1 aliphatic heterocycles. The minimum atomic E-state index is -0.910. The van der Waals surface area contributed by atoms with Gasteiger partial charge in [-0.15, -0.1) is 0 Å². The second-order valence-corrected chi connectivity index (χ2v) is 4.94. The molecule has 2 N–H and O–H groups in total. The van der Waals surface area contributed by atoms with Crippen molar-refractivity contribution in [2.24, 2.45) is 11.8 Å². The third-order valence-corrected chi connectivity index (χ3v) is 3.46. The first-order chi connectivity index (χ1) is 10.1. The normalized spacial score (nSPS) is 21.7. The van der Waals surface area contributed by atoms with Crippen molar-refractivity contribution in [3.8, 4) is 17.2 Å². The topological polar surface area (TPSA) is 94.1 Å². The molecule has 0 bridgehead atoms. The SMILES string of the molecule is O=C(O)[C@H]1C[C@@H]1C(=O)NCCOc1ccc2c(c1)OCO2. The standard InChI is InChI=1S/C14H15NO6/c16-13(9-6-10(9)14(17)18)15-3-4-19-8-1-2-11-12(5-8)21-7-20-11/h1-2,5,9-10H,3-4,6-7H2,(H,15,16)(H,17,18)/t9-,10-/m0/s1. The van der Waals surface area contributed by atoms with Gasteiger partial charge in [-0.3, -0.25) is 9.59 Å². The number of carboxylic acids is 1. The van der Waals surface area contributed by atoms with Crippen LogP contribution in [-0.2, 0) is 9.59 Å². The van der Waals surface area contributed by atoms with E-state index in [0.29, 0.717) is 36.8 Å². The van der Waals surface area contributed by atoms with Gasteiger partial charge in [0.1, 0.15) is 12.4 Å². The van der Waals surface area contributed by atoms with Gasteiger partial charge >= 0.3 is 5.97 Å². The van der Waals surface area contributed by atoms with Crippen LogP contribution in [0.4, 0.5) is 0 Å². The highest BCUT2D eigenvalue weighted by Crippen LogP contribution is 2.38. The highest BCUT2D eigenvalue weighted by atomic mass is 16.7. The maximum absolute atomic E-state index is 11.6. The molecule has 21 heavy (non-hydrogen) atoms. The lowest BCUT2D eigenvalue weighted by Gasteiger charge is -2.08. The highest BCUT2D eigenvalue weighted by molar-refractivity contribution is 5.89. The van der Waals surface area contributed by atoms with Gasteiger partial charge in [0.15, 0.2) is 11.5 Å². The molecule has 0 aromatic heterocycles. The van der Waals surface area contributed by atoms with Crippen LogP contribution in [0.2, 0.25) is 0 Å². The average Bonchev–Trinajstić information content (AvgIpc) is 3.15. The van der Waals surface area contributed by atoms with Crippen molar-refractivity contribution >= 4 is 11.9 Å². The summed E-state index contributed by atoms with van der Waals surface area (Å²) < 4.78 is 15.9. The number of hydrogen-bond acceptors (Lipinski definition) is 5. The Hall–Kier alpha value is -2.44. The van der Waals surface area contributed by atoms with Crippen LogP contribution < -0.4 is 19.5 Å². The predicted molar refractivity (Wildman–Crippen MR) is 70.3 cm³/mol. The van der Waals surface area contributed by atoms with E-state index in [1.54, 1.807) is 18.2 Å². The number of fused-ring (bicyclic) bond motifs is 1. The molecule has 1 saturated carbocycles. The molecular weight excluding hydrogens is 278 g/mol. The number of aliphatic carboxylic acids is 1. The van der Waals surface area contributed by atoms with Crippen LogP contribution in [0.25, 0.3) is 0 Å². The summed E-state index contributed by atoms with van der Waals surface area (Å²) in [6, 6.07) is 5.25. The van der Waals surface area contributed by atoms with Crippen molar-refractivity contribution in [2.75, 3.05) is 19.9 Å². The fraction of sp³-hybridized carbons (Fsp3) is 0.429. The van der Waals surface area contributed by atoms with Gasteiger partial charge in [0.25, 0.3) is 0 Å². The summed E-state index contributed by atoms with van der Waals surface area (Å²) in [6.45, 7) is 0.840. The quantitative estimate of drug-likeness (QED) is 0.747. The molecule has 0 radical (unpaired) electrons. The van der Waals surface area contributed by atoms with Crippen LogP contribution >= 0.6 is 0 Å². The van der Waals surface area contributed by atoms with E-state index in [9.17, 15) is 9.59 Å². The number of carbonyl (C=O) groups excluding carboxylic acids is 1. The number of carbonyl (C=O) groups is 2. The van der Waals surface area contributed by atoms with Crippen molar-refractivity contribution in [2.45, 2.75) is 6.42 Å². The highest BCUT2D eigenvalue weighted by Gasteiger charge is 2.48. The number of nitrogens with one attached hydrogen (secondary N) is 1. The smallest absolute Gasteiger partial charge is 0.307 e. The molecule has 7 nitrogen and oxygen atoms in total. The molecule has 2 aliphatic rings. The van der Waals surface area contributed by atoms with Crippen molar-refractivity contribution in [3.63, 3.8) is 0 Å². The van der Waals surface area contributed by atoms with Crippen LogP contribution in [0.3, 0.4) is 0 Å². The number of carboxylic acid groups (broad SMARTS) is 1. The van der Waals surface area contributed by atoms with Gasteiger partial charge in [-0.25, -0.2) is 0 Å². The van der Waals surface area contributed by atoms with Crippen molar-refractivity contribution in [3.05, 3.63) is 18.2 Å². The molecule has 0 spiro atoms. The number of hydrogen-bond donors (Lipinski definition) is 2. The molecule has 0 unspecified atom stereocenters. The zero-order chi connectivity index (χ0) is 14.8. The lowest BCUT2D eigenvalue weighted by Crippen LogP contribution is -2.30. The Labute approximate surface area is 120 Å². The van der Waals surface area contributed by atoms with Gasteiger partial charge in [-0.05, 0) is 18.6 Å². The largest absolute Gasteiger partial charge is 0.492 e. The summed E-state index contributed by atoms with van der Waals surface area (Å²) in [5.74, 6) is -0.109. The van der Waals surface area contributed by atoms with Crippen molar-refractivity contribution in [1.82, 2.24) is 5.32 Å². The lowest BCUT2D eigenvalue weighted by atomic mass is 10.3. The Bertz CT molecular complexity index is 573. The molecule has 1 fully saturated rings. The number of amides is 1. The van der Waals surface area contributed by atoms with E-state index in [2.05, 4.69) is 5.32 Å². The molecule has 1 aromatic rings. The number of benzene rings is 1. The molecule has 1 aliphatic carbocycles. The van der Waals surface area contributed by atoms with Crippen molar-refractivity contribution < 1.29 is 28.9 Å². The molecular formula is C14H15NO6. The summed E-state index contributed by atoms with van der Waals surface area (Å²) >= 11 is 0. The maximum atomic E-state index is 11.6. The molecule has 1 aromatic carbocycles. The van der Waals surface area contributed by atoms with E-state index < -0.39 is 17.8 Å². The van der Waals surface area contributed by atoms with Gasteiger partial charge in [-0.2, -0.15) is 0 Å². The molecule has 112 valence electrons. The van der Waals surface area contributed by atoms with E-state index in [1.807, 2.05) is 0 Å². The van der Waals surface area contributed by atoms with Crippen LogP contribution in [0.15, 0.2) is 18.2 Å². The Morgan fingerprint density at radius 3 is 2.86 bits per heavy atom. The summed E-state index contributed by atoms with van der Waals surface area (Å²) in [7, 11) is 0. The van der Waals surface area contributed by atoms with Gasteiger partial charge < -0.3 is 24.6 Å². The second-order valence-electron chi connectivity index (χ2n) is 4.94. The monoisotopic (exact) mass is 293 g/mol. The minimum absolute atomic E-state index is 0.209. The van der Waals surface area contributed by atoms with E-state index >= 15 is 0 Å². The van der Waals surface area contributed by atoms with E-state index in [0.717, 1.165) is 0 Å². The van der Waals surface area contributed by atoms with Crippen LogP contribution in [0, 0.1) is 11.8 Å². The zero-order valence-corrected chi connectivity index (χ0v) is 11.2. The molecule has 0 saturated heterocycles. The van der Waals surface area contributed by atoms with Gasteiger partial charge in [0.2, 0.25) is 12.7 Å². The summed E-state index contributed by atoms with van der Waals surface area (Å²) in [5, 5.41) is 11.4. The number of rotatable bonds is 6. The summed E-state index contributed by atoms with van der Waals surface area (Å²) in [4.78, 5) is 22.3. The van der Waals surface area contributed by atoms with Crippen LogP contribution in [0.5, 0.6) is 17.2 Å². The number of ether oxygens (including phenoxy) is 3. The average molecular weight is 293 g/mol. The Kier molecular flexibility index (Phi) is 3.55. The minimum Gasteiger partial charge on any atom is -0.492 e. The maximum Gasteiger partial charge on any atom is 0.307 e. The Balaban J connectivity index is 1.39. The van der Waals surface area contributed by atoms with Gasteiger partial charge in [0, 0.05) is 6.07 Å². The molecule has 7 heteroatoms. The predicted octanol–water partition coefficient (Wildman–Crippen LogP) is 0.631. The van der Waals surface area contributed by atoms with E-state index in [1.165, 1.54) is 0 Å². The van der Waals surface area contributed by atoms with Crippen LogP contribution in [-0.4, -0.2) is 36.9 Å². The Morgan fingerprint density at radius 2 is 2.10 bits per heavy atom. The summed E-state index contributed by atoms with van der Waals surface area (Å²) in [5.41, 5.74) is 0. The zero-order valence-electron chi connectivity index (χ0n) is 11.2. The molecule has 1 heterocycles. The Morgan fingerprint density at radius 1 is 1.29 bits per heavy atom. The lowest BCUT2D eigenvalue weighted by molar-refractivity contribution is -0.140. The van der Waals surface area contributed by atoms with Gasteiger partial charge in [-0.1, -0.05) is 0 Å². The second kappa shape index (κ2) is 5.51. The fourth-order valence-corrected chi connectivity index (χ4v) is 2.20.